The van der Waals surface area contributed by atoms with Gasteiger partial charge in [0.15, 0.2) is 0 Å². The summed E-state index contributed by atoms with van der Waals surface area (Å²) in [6.07, 6.45) is 0.456. The van der Waals surface area contributed by atoms with Crippen LogP contribution in [0.3, 0.4) is 0 Å². The van der Waals surface area contributed by atoms with Crippen molar-refractivity contribution in [2.45, 2.75) is 20.3 Å². The molecule has 0 atom stereocenters. The molecule has 132 valence electrons. The molecule has 2 rings (SSSR count). The highest BCUT2D eigenvalue weighted by Gasteiger charge is 2.15. The number of amides is 2. The lowest BCUT2D eigenvalue weighted by molar-refractivity contribution is -0.133. The molecular formula is C18H27N3O3. The number of carbonyl (C=O) groups excluding carboxylic acids is 2. The fraction of sp³-hybridized carbons (Fsp3) is 0.556. The van der Waals surface area contributed by atoms with Crippen LogP contribution in [0.25, 0.3) is 0 Å². The standard InChI is InChI=1S/C18H27N3O3/c1-14(2)12-18(23)20(3)13-17(22)19-15-4-6-16(7-5-15)21-8-10-24-11-9-21/h4-7,14H,8-13H2,1-3H3,(H,19,22). The first-order valence-corrected chi connectivity index (χ1v) is 8.42. The van der Waals surface area contributed by atoms with Crippen LogP contribution in [0.1, 0.15) is 20.3 Å². The Hall–Kier alpha value is -2.08. The lowest BCUT2D eigenvalue weighted by atomic mass is 10.1. The van der Waals surface area contributed by atoms with Crippen molar-refractivity contribution in [1.82, 2.24) is 4.90 Å². The van der Waals surface area contributed by atoms with Crippen molar-refractivity contribution < 1.29 is 14.3 Å². The summed E-state index contributed by atoms with van der Waals surface area (Å²) in [5.74, 6) is 0.0901. The van der Waals surface area contributed by atoms with Crippen LogP contribution in [0.5, 0.6) is 0 Å². The smallest absolute Gasteiger partial charge is 0.243 e. The second-order valence-electron chi connectivity index (χ2n) is 6.54. The van der Waals surface area contributed by atoms with Crippen molar-refractivity contribution in [3.8, 4) is 0 Å². The molecule has 6 nitrogen and oxygen atoms in total. The maximum absolute atomic E-state index is 12.1. The van der Waals surface area contributed by atoms with Gasteiger partial charge in [0, 0.05) is 37.9 Å². The van der Waals surface area contributed by atoms with E-state index in [9.17, 15) is 9.59 Å². The Morgan fingerprint density at radius 2 is 1.83 bits per heavy atom. The van der Waals surface area contributed by atoms with Gasteiger partial charge in [-0.3, -0.25) is 9.59 Å². The molecule has 0 bridgehead atoms. The zero-order chi connectivity index (χ0) is 17.5. The molecule has 1 fully saturated rings. The minimum absolute atomic E-state index is 0.0113. The van der Waals surface area contributed by atoms with Gasteiger partial charge in [-0.25, -0.2) is 0 Å². The molecule has 24 heavy (non-hydrogen) atoms. The Balaban J connectivity index is 1.84. The highest BCUT2D eigenvalue weighted by Crippen LogP contribution is 2.19. The lowest BCUT2D eigenvalue weighted by Crippen LogP contribution is -2.36. The van der Waals surface area contributed by atoms with Gasteiger partial charge in [0.25, 0.3) is 0 Å². The van der Waals surface area contributed by atoms with E-state index in [-0.39, 0.29) is 24.3 Å². The second kappa shape index (κ2) is 8.68. The summed E-state index contributed by atoms with van der Waals surface area (Å²) in [5.41, 5.74) is 1.86. The normalized spacial score (nSPS) is 14.6. The molecular weight excluding hydrogens is 306 g/mol. The number of ether oxygens (including phenoxy) is 1. The molecule has 1 saturated heterocycles. The Kier molecular flexibility index (Phi) is 6.61. The Labute approximate surface area is 143 Å². The molecule has 1 aliphatic heterocycles. The number of nitrogens with zero attached hydrogens (tertiary/aromatic N) is 2. The maximum atomic E-state index is 12.1. The summed E-state index contributed by atoms with van der Waals surface area (Å²) >= 11 is 0. The van der Waals surface area contributed by atoms with E-state index in [4.69, 9.17) is 4.74 Å². The van der Waals surface area contributed by atoms with Crippen molar-refractivity contribution in [1.29, 1.82) is 0 Å². The quantitative estimate of drug-likeness (QED) is 0.864. The molecule has 1 aromatic rings. The number of carbonyl (C=O) groups is 2. The monoisotopic (exact) mass is 333 g/mol. The Bertz CT molecular complexity index is 551. The molecule has 1 aromatic carbocycles. The van der Waals surface area contributed by atoms with Gasteiger partial charge in [-0.15, -0.1) is 0 Å². The third-order valence-corrected chi connectivity index (χ3v) is 3.92. The maximum Gasteiger partial charge on any atom is 0.243 e. The molecule has 0 spiro atoms. The molecule has 1 N–H and O–H groups in total. The molecule has 1 heterocycles. The third kappa shape index (κ3) is 5.53. The largest absolute Gasteiger partial charge is 0.378 e. The fourth-order valence-corrected chi connectivity index (χ4v) is 2.59. The summed E-state index contributed by atoms with van der Waals surface area (Å²) in [6.45, 7) is 7.30. The molecule has 0 unspecified atom stereocenters. The van der Waals surface area contributed by atoms with Gasteiger partial charge < -0.3 is 19.9 Å². The van der Waals surface area contributed by atoms with Gasteiger partial charge in [-0.1, -0.05) is 13.8 Å². The van der Waals surface area contributed by atoms with Crippen molar-refractivity contribution in [2.75, 3.05) is 50.1 Å². The number of benzene rings is 1. The van der Waals surface area contributed by atoms with Gasteiger partial charge in [0.05, 0.1) is 19.8 Å². The van der Waals surface area contributed by atoms with E-state index in [2.05, 4.69) is 10.2 Å². The molecule has 6 heteroatoms. The summed E-state index contributed by atoms with van der Waals surface area (Å²) in [7, 11) is 1.66. The van der Waals surface area contributed by atoms with E-state index < -0.39 is 0 Å². The van der Waals surface area contributed by atoms with Crippen molar-refractivity contribution in [3.05, 3.63) is 24.3 Å². The molecule has 1 aliphatic rings. The molecule has 0 aliphatic carbocycles. The van der Waals surface area contributed by atoms with E-state index >= 15 is 0 Å². The predicted molar refractivity (Wildman–Crippen MR) is 95.2 cm³/mol. The molecule has 0 radical (unpaired) electrons. The van der Waals surface area contributed by atoms with Crippen LogP contribution in [0.15, 0.2) is 24.3 Å². The highest BCUT2D eigenvalue weighted by molar-refractivity contribution is 5.94. The minimum Gasteiger partial charge on any atom is -0.378 e. The van der Waals surface area contributed by atoms with E-state index in [1.54, 1.807) is 7.05 Å². The number of nitrogens with one attached hydrogen (secondary N) is 1. The number of likely N-dealkylation sites (N-methyl/N-ethyl adjacent to an activating group) is 1. The van der Waals surface area contributed by atoms with Gasteiger partial charge >= 0.3 is 0 Å². The zero-order valence-electron chi connectivity index (χ0n) is 14.7. The van der Waals surface area contributed by atoms with Crippen LogP contribution in [-0.2, 0) is 14.3 Å². The number of rotatable bonds is 6. The first-order valence-electron chi connectivity index (χ1n) is 8.42. The summed E-state index contributed by atoms with van der Waals surface area (Å²) in [6, 6.07) is 7.76. The second-order valence-corrected chi connectivity index (χ2v) is 6.54. The number of hydrogen-bond donors (Lipinski definition) is 1. The topological polar surface area (TPSA) is 61.9 Å². The van der Waals surface area contributed by atoms with Crippen LogP contribution >= 0.6 is 0 Å². The zero-order valence-corrected chi connectivity index (χ0v) is 14.7. The number of morpholine rings is 1. The molecule has 0 saturated carbocycles. The first kappa shape index (κ1) is 18.3. The molecule has 2 amide bonds. The number of hydrogen-bond acceptors (Lipinski definition) is 4. The van der Waals surface area contributed by atoms with Gasteiger partial charge in [-0.05, 0) is 30.2 Å². The van der Waals surface area contributed by atoms with Crippen LogP contribution in [0, 0.1) is 5.92 Å². The molecule has 0 aromatic heterocycles. The van der Waals surface area contributed by atoms with Crippen LogP contribution in [0.2, 0.25) is 0 Å². The van der Waals surface area contributed by atoms with Crippen molar-refractivity contribution in [2.24, 2.45) is 5.92 Å². The van der Waals surface area contributed by atoms with E-state index in [0.717, 1.165) is 37.7 Å². The average molecular weight is 333 g/mol. The van der Waals surface area contributed by atoms with E-state index in [1.807, 2.05) is 38.1 Å². The lowest BCUT2D eigenvalue weighted by Gasteiger charge is -2.28. The summed E-state index contributed by atoms with van der Waals surface area (Å²) in [4.78, 5) is 27.7. The Morgan fingerprint density at radius 3 is 2.42 bits per heavy atom. The summed E-state index contributed by atoms with van der Waals surface area (Å²) in [5, 5.41) is 2.84. The van der Waals surface area contributed by atoms with Crippen molar-refractivity contribution in [3.63, 3.8) is 0 Å². The highest BCUT2D eigenvalue weighted by atomic mass is 16.5. The Morgan fingerprint density at radius 1 is 1.21 bits per heavy atom. The van der Waals surface area contributed by atoms with Gasteiger partial charge in [0.1, 0.15) is 0 Å². The van der Waals surface area contributed by atoms with E-state index in [0.29, 0.717) is 6.42 Å². The fourth-order valence-electron chi connectivity index (χ4n) is 2.59. The van der Waals surface area contributed by atoms with Crippen LogP contribution in [0.4, 0.5) is 11.4 Å². The SMILES string of the molecule is CC(C)CC(=O)N(C)CC(=O)Nc1ccc(N2CCOCC2)cc1. The first-order chi connectivity index (χ1) is 11.5. The third-order valence-electron chi connectivity index (χ3n) is 3.92. The minimum atomic E-state index is -0.186. The van der Waals surface area contributed by atoms with Crippen molar-refractivity contribution >= 4 is 23.2 Å². The predicted octanol–water partition coefficient (Wildman–Crippen LogP) is 1.97. The van der Waals surface area contributed by atoms with Gasteiger partial charge in [0.2, 0.25) is 11.8 Å². The average Bonchev–Trinajstić information content (AvgIpc) is 2.55. The number of anilines is 2. The van der Waals surface area contributed by atoms with Crippen LogP contribution < -0.4 is 10.2 Å². The van der Waals surface area contributed by atoms with Gasteiger partial charge in [-0.2, -0.15) is 0 Å². The van der Waals surface area contributed by atoms with Crippen LogP contribution in [-0.4, -0.2) is 56.6 Å². The summed E-state index contributed by atoms with van der Waals surface area (Å²) < 4.78 is 5.35. The van der Waals surface area contributed by atoms with E-state index in [1.165, 1.54) is 4.90 Å².